The molecule has 88 valence electrons. The fourth-order valence-electron chi connectivity index (χ4n) is 2.00. The number of likely N-dealkylation sites (N-methyl/N-ethyl adjacent to an activating group) is 1. The molecule has 0 saturated carbocycles. The van der Waals surface area contributed by atoms with Crippen LogP contribution in [0.25, 0.3) is 0 Å². The standard InChI is InChI=1S/C10H22N2.2ClH/c1-4-12-7-5-6-11-8-10(12)9(2)3;;/h9-11H,4-8H2,1-3H3;2*1H. The van der Waals surface area contributed by atoms with Gasteiger partial charge in [0.05, 0.1) is 0 Å². The highest BCUT2D eigenvalue weighted by atomic mass is 35.5. The van der Waals surface area contributed by atoms with Gasteiger partial charge in [0.15, 0.2) is 0 Å². The Morgan fingerprint density at radius 1 is 1.36 bits per heavy atom. The molecule has 2 nitrogen and oxygen atoms in total. The zero-order chi connectivity index (χ0) is 8.97. The number of rotatable bonds is 2. The predicted octanol–water partition coefficient (Wildman–Crippen LogP) is 2.17. The van der Waals surface area contributed by atoms with Gasteiger partial charge in [-0.3, -0.25) is 4.90 Å². The second-order valence-corrected chi connectivity index (χ2v) is 4.00. The number of hydrogen-bond donors (Lipinski definition) is 1. The van der Waals surface area contributed by atoms with Gasteiger partial charge in [0.2, 0.25) is 0 Å². The van der Waals surface area contributed by atoms with Gasteiger partial charge in [0, 0.05) is 12.6 Å². The summed E-state index contributed by atoms with van der Waals surface area (Å²) in [5.74, 6) is 0.774. The van der Waals surface area contributed by atoms with Gasteiger partial charge >= 0.3 is 0 Å². The van der Waals surface area contributed by atoms with Crippen molar-refractivity contribution in [2.75, 3.05) is 26.2 Å². The molecule has 0 bridgehead atoms. The molecule has 4 heteroatoms. The summed E-state index contributed by atoms with van der Waals surface area (Å²) in [6.07, 6.45) is 1.30. The zero-order valence-corrected chi connectivity index (χ0v) is 11.1. The fraction of sp³-hybridized carbons (Fsp3) is 1.00. The Hall–Kier alpha value is 0.500. The summed E-state index contributed by atoms with van der Waals surface area (Å²) in [4.78, 5) is 2.60. The topological polar surface area (TPSA) is 15.3 Å². The Balaban J connectivity index is 0. The van der Waals surface area contributed by atoms with Crippen LogP contribution < -0.4 is 5.32 Å². The Bertz CT molecular complexity index is 131. The molecular formula is C10H24Cl2N2. The van der Waals surface area contributed by atoms with Crippen LogP contribution in [0.4, 0.5) is 0 Å². The Morgan fingerprint density at radius 2 is 2.00 bits per heavy atom. The van der Waals surface area contributed by atoms with Gasteiger partial charge in [-0.05, 0) is 32.0 Å². The van der Waals surface area contributed by atoms with Crippen LogP contribution >= 0.6 is 24.8 Å². The molecule has 1 aliphatic heterocycles. The SMILES string of the molecule is CCN1CCCNCC1C(C)C.Cl.Cl. The third-order valence-corrected chi connectivity index (χ3v) is 2.80. The second kappa shape index (κ2) is 8.78. The summed E-state index contributed by atoms with van der Waals surface area (Å²) in [7, 11) is 0. The molecule has 0 aromatic carbocycles. The average Bonchev–Trinajstić information content (AvgIpc) is 2.27. The van der Waals surface area contributed by atoms with E-state index in [2.05, 4.69) is 31.0 Å². The van der Waals surface area contributed by atoms with Gasteiger partial charge in [-0.15, -0.1) is 24.8 Å². The van der Waals surface area contributed by atoms with Crippen molar-refractivity contribution >= 4 is 24.8 Å². The second-order valence-electron chi connectivity index (χ2n) is 4.00. The van der Waals surface area contributed by atoms with Crippen LogP contribution in [-0.4, -0.2) is 37.1 Å². The van der Waals surface area contributed by atoms with Crippen molar-refractivity contribution < 1.29 is 0 Å². The molecule has 1 rings (SSSR count). The molecule has 0 spiro atoms. The lowest BCUT2D eigenvalue weighted by atomic mass is 10.0. The van der Waals surface area contributed by atoms with Crippen LogP contribution in [0.5, 0.6) is 0 Å². The minimum atomic E-state index is 0. The van der Waals surface area contributed by atoms with Gasteiger partial charge in [0.25, 0.3) is 0 Å². The van der Waals surface area contributed by atoms with Crippen LogP contribution in [0.2, 0.25) is 0 Å². The highest BCUT2D eigenvalue weighted by Crippen LogP contribution is 2.12. The first-order valence-electron chi connectivity index (χ1n) is 5.20. The molecule has 1 heterocycles. The maximum absolute atomic E-state index is 3.50. The minimum Gasteiger partial charge on any atom is -0.315 e. The van der Waals surface area contributed by atoms with Crippen molar-refractivity contribution in [2.45, 2.75) is 33.2 Å². The lowest BCUT2D eigenvalue weighted by Crippen LogP contribution is -2.43. The van der Waals surface area contributed by atoms with Gasteiger partial charge in [-0.25, -0.2) is 0 Å². The third-order valence-electron chi connectivity index (χ3n) is 2.80. The maximum Gasteiger partial charge on any atom is 0.0243 e. The third kappa shape index (κ3) is 4.83. The molecule has 14 heavy (non-hydrogen) atoms. The molecule has 0 aromatic rings. The van der Waals surface area contributed by atoms with Crippen LogP contribution in [0.1, 0.15) is 27.2 Å². The van der Waals surface area contributed by atoms with Crippen LogP contribution in [0.15, 0.2) is 0 Å². The van der Waals surface area contributed by atoms with Gasteiger partial charge < -0.3 is 5.32 Å². The first-order valence-corrected chi connectivity index (χ1v) is 5.20. The lowest BCUT2D eigenvalue weighted by Gasteiger charge is -2.31. The fourth-order valence-corrected chi connectivity index (χ4v) is 2.00. The van der Waals surface area contributed by atoms with Gasteiger partial charge in [-0.2, -0.15) is 0 Å². The smallest absolute Gasteiger partial charge is 0.0243 e. The molecule has 0 aliphatic carbocycles. The lowest BCUT2D eigenvalue weighted by molar-refractivity contribution is 0.175. The first kappa shape index (κ1) is 16.9. The van der Waals surface area contributed by atoms with Crippen molar-refractivity contribution in [1.82, 2.24) is 10.2 Å². The first-order chi connectivity index (χ1) is 5.75. The summed E-state index contributed by atoms with van der Waals surface area (Å²) in [5.41, 5.74) is 0. The zero-order valence-electron chi connectivity index (χ0n) is 9.45. The number of halogens is 2. The Kier molecular flexibility index (Phi) is 10.6. The Morgan fingerprint density at radius 3 is 2.50 bits per heavy atom. The normalized spacial score (nSPS) is 23.6. The van der Waals surface area contributed by atoms with E-state index in [1.54, 1.807) is 0 Å². The molecule has 1 saturated heterocycles. The van der Waals surface area contributed by atoms with Crippen LogP contribution in [0.3, 0.4) is 0 Å². The molecule has 0 aromatic heterocycles. The van der Waals surface area contributed by atoms with E-state index in [1.165, 1.54) is 32.6 Å². The summed E-state index contributed by atoms with van der Waals surface area (Å²) in [6.45, 7) is 11.7. The molecule has 1 atom stereocenters. The van der Waals surface area contributed by atoms with E-state index in [1.807, 2.05) is 0 Å². The number of nitrogens with one attached hydrogen (secondary N) is 1. The number of nitrogens with zero attached hydrogens (tertiary/aromatic N) is 1. The van der Waals surface area contributed by atoms with E-state index in [0.29, 0.717) is 0 Å². The molecule has 1 fully saturated rings. The van der Waals surface area contributed by atoms with Crippen molar-refractivity contribution in [3.05, 3.63) is 0 Å². The maximum atomic E-state index is 3.50. The monoisotopic (exact) mass is 242 g/mol. The summed E-state index contributed by atoms with van der Waals surface area (Å²) >= 11 is 0. The van der Waals surface area contributed by atoms with Crippen LogP contribution in [0, 0.1) is 5.92 Å². The van der Waals surface area contributed by atoms with Crippen molar-refractivity contribution in [1.29, 1.82) is 0 Å². The molecule has 1 N–H and O–H groups in total. The Labute approximate surface area is 101 Å². The summed E-state index contributed by atoms with van der Waals surface area (Å²) in [6, 6.07) is 0.748. The molecule has 1 unspecified atom stereocenters. The predicted molar refractivity (Wildman–Crippen MR) is 67.9 cm³/mol. The van der Waals surface area contributed by atoms with Crippen molar-refractivity contribution in [3.8, 4) is 0 Å². The number of hydrogen-bond acceptors (Lipinski definition) is 2. The van der Waals surface area contributed by atoms with Crippen molar-refractivity contribution in [2.24, 2.45) is 5.92 Å². The van der Waals surface area contributed by atoms with Gasteiger partial charge in [-0.1, -0.05) is 20.8 Å². The van der Waals surface area contributed by atoms with E-state index in [4.69, 9.17) is 0 Å². The molecular weight excluding hydrogens is 219 g/mol. The molecule has 0 radical (unpaired) electrons. The van der Waals surface area contributed by atoms with Crippen molar-refractivity contribution in [3.63, 3.8) is 0 Å². The average molecular weight is 243 g/mol. The summed E-state index contributed by atoms with van der Waals surface area (Å²) < 4.78 is 0. The summed E-state index contributed by atoms with van der Waals surface area (Å²) in [5, 5.41) is 3.50. The van der Waals surface area contributed by atoms with E-state index in [0.717, 1.165) is 12.0 Å². The van der Waals surface area contributed by atoms with E-state index in [9.17, 15) is 0 Å². The molecule has 1 aliphatic rings. The van der Waals surface area contributed by atoms with E-state index in [-0.39, 0.29) is 24.8 Å². The highest BCUT2D eigenvalue weighted by Gasteiger charge is 2.21. The van der Waals surface area contributed by atoms with E-state index >= 15 is 0 Å². The van der Waals surface area contributed by atoms with Gasteiger partial charge in [0.1, 0.15) is 0 Å². The van der Waals surface area contributed by atoms with Crippen LogP contribution in [-0.2, 0) is 0 Å². The van der Waals surface area contributed by atoms with E-state index < -0.39 is 0 Å². The minimum absolute atomic E-state index is 0. The molecule has 0 amide bonds. The largest absolute Gasteiger partial charge is 0.315 e. The quantitative estimate of drug-likeness (QED) is 0.799. The highest BCUT2D eigenvalue weighted by molar-refractivity contribution is 5.85.